The van der Waals surface area contributed by atoms with Gasteiger partial charge in [0.25, 0.3) is 11.8 Å². The third kappa shape index (κ3) is 3.79. The second-order valence-electron chi connectivity index (χ2n) is 6.92. The lowest BCUT2D eigenvalue weighted by atomic mass is 10.1. The number of amides is 2. The predicted octanol–water partition coefficient (Wildman–Crippen LogP) is 5.37. The third-order valence-electron chi connectivity index (χ3n) is 4.97. The minimum absolute atomic E-state index is 0.155. The first-order chi connectivity index (χ1) is 14.0. The Bertz CT molecular complexity index is 1040. The Balaban J connectivity index is 1.78. The van der Waals surface area contributed by atoms with Crippen LogP contribution in [0.3, 0.4) is 0 Å². The van der Waals surface area contributed by atoms with Gasteiger partial charge in [-0.2, -0.15) is 0 Å². The van der Waals surface area contributed by atoms with Gasteiger partial charge in [-0.3, -0.25) is 14.5 Å². The molecule has 1 fully saturated rings. The van der Waals surface area contributed by atoms with Crippen molar-refractivity contribution in [3.8, 4) is 0 Å². The van der Waals surface area contributed by atoms with Gasteiger partial charge in [-0.15, -0.1) is 0 Å². The number of anilines is 1. The summed E-state index contributed by atoms with van der Waals surface area (Å²) in [7, 11) is 0. The molecule has 2 aliphatic rings. The van der Waals surface area contributed by atoms with Crippen molar-refractivity contribution in [2.24, 2.45) is 0 Å². The first-order valence-corrected chi connectivity index (χ1v) is 11.5. The molecule has 0 N–H and O–H groups in total. The van der Waals surface area contributed by atoms with Crippen molar-refractivity contribution in [3.63, 3.8) is 0 Å². The van der Waals surface area contributed by atoms with Gasteiger partial charge in [0.15, 0.2) is 0 Å². The molecule has 0 saturated carbocycles. The number of nitrogens with zero attached hydrogens (tertiary/aromatic N) is 2. The van der Waals surface area contributed by atoms with Gasteiger partial charge in [0.1, 0.15) is 4.32 Å². The van der Waals surface area contributed by atoms with E-state index in [0.29, 0.717) is 27.9 Å². The van der Waals surface area contributed by atoms with Crippen molar-refractivity contribution in [1.82, 2.24) is 4.90 Å². The molecule has 29 heavy (non-hydrogen) atoms. The van der Waals surface area contributed by atoms with Gasteiger partial charge >= 0.3 is 0 Å². The Hall–Kier alpha value is -1.96. The summed E-state index contributed by atoms with van der Waals surface area (Å²) in [5.41, 5.74) is 3.08. The number of unbranched alkanes of at least 4 members (excludes halogenated alkanes) is 1. The summed E-state index contributed by atoms with van der Waals surface area (Å²) in [4.78, 5) is 30.4. The predicted molar refractivity (Wildman–Crippen MR) is 126 cm³/mol. The lowest BCUT2D eigenvalue weighted by Gasteiger charge is -2.17. The first kappa shape index (κ1) is 20.3. The van der Waals surface area contributed by atoms with Crippen LogP contribution in [0, 0.1) is 0 Å². The summed E-state index contributed by atoms with van der Waals surface area (Å²) < 4.78 is 1.39. The zero-order valence-corrected chi connectivity index (χ0v) is 19.1. The van der Waals surface area contributed by atoms with Crippen molar-refractivity contribution in [1.29, 1.82) is 0 Å². The fourth-order valence-electron chi connectivity index (χ4n) is 3.50. The Morgan fingerprint density at radius 1 is 1.03 bits per heavy atom. The molecule has 2 aliphatic heterocycles. The molecular formula is C22H19BrN2O2S2. The van der Waals surface area contributed by atoms with Gasteiger partial charge in [0, 0.05) is 16.6 Å². The van der Waals surface area contributed by atoms with E-state index in [1.165, 1.54) is 11.8 Å². The van der Waals surface area contributed by atoms with Crippen LogP contribution in [0.4, 0.5) is 5.69 Å². The minimum atomic E-state index is -0.163. The zero-order valence-electron chi connectivity index (χ0n) is 15.9. The summed E-state index contributed by atoms with van der Waals surface area (Å²) in [5.74, 6) is -0.317. The summed E-state index contributed by atoms with van der Waals surface area (Å²) in [5, 5.41) is 0. The zero-order chi connectivity index (χ0) is 20.5. The maximum absolute atomic E-state index is 13.5. The number of carbonyl (C=O) groups is 2. The number of hydrogen-bond donors (Lipinski definition) is 0. The largest absolute Gasteiger partial charge is 0.303 e. The van der Waals surface area contributed by atoms with Crippen LogP contribution in [0.25, 0.3) is 5.57 Å². The first-order valence-electron chi connectivity index (χ1n) is 9.45. The molecule has 7 heteroatoms. The van der Waals surface area contributed by atoms with Crippen molar-refractivity contribution < 1.29 is 9.59 Å². The molecule has 2 amide bonds. The number of carbonyl (C=O) groups excluding carboxylic acids is 2. The van der Waals surface area contributed by atoms with Gasteiger partial charge in [-0.25, -0.2) is 0 Å². The van der Waals surface area contributed by atoms with Crippen molar-refractivity contribution >= 4 is 67.3 Å². The van der Waals surface area contributed by atoms with E-state index < -0.39 is 0 Å². The molecule has 0 unspecified atom stereocenters. The standard InChI is InChI=1S/C22H19BrN2O2S2/c1-2-3-11-24-21(27)19(29-22(24)28)18-16-12-15(23)9-10-17(16)25(20(18)26)13-14-7-5-4-6-8-14/h4-10,12H,2-3,11,13H2,1H3. The maximum atomic E-state index is 13.5. The normalized spacial score (nSPS) is 18.8. The molecule has 4 nitrogen and oxygen atoms in total. The average Bonchev–Trinajstić information content (AvgIpc) is 3.13. The van der Waals surface area contributed by atoms with E-state index in [4.69, 9.17) is 12.2 Å². The van der Waals surface area contributed by atoms with E-state index in [1.54, 1.807) is 9.80 Å². The number of halogens is 1. The molecule has 0 radical (unpaired) electrons. The van der Waals surface area contributed by atoms with E-state index in [9.17, 15) is 9.59 Å². The summed E-state index contributed by atoms with van der Waals surface area (Å²) in [6.45, 7) is 3.12. The van der Waals surface area contributed by atoms with E-state index in [0.717, 1.165) is 34.1 Å². The van der Waals surface area contributed by atoms with Gasteiger partial charge in [-0.05, 0) is 30.2 Å². The van der Waals surface area contributed by atoms with Crippen LogP contribution < -0.4 is 4.90 Å². The molecule has 148 valence electrons. The summed E-state index contributed by atoms with van der Waals surface area (Å²) in [6, 6.07) is 15.6. The molecule has 0 bridgehead atoms. The lowest BCUT2D eigenvalue weighted by Crippen LogP contribution is -2.30. The molecule has 0 aromatic heterocycles. The number of thiocarbonyl (C=S) groups is 1. The van der Waals surface area contributed by atoms with Gasteiger partial charge in [0.05, 0.1) is 22.7 Å². The SMILES string of the molecule is CCCCN1C(=O)C(=C2C(=O)N(Cc3ccccc3)c3ccc(Br)cc32)SC1=S. The molecular weight excluding hydrogens is 468 g/mol. The molecule has 4 rings (SSSR count). The molecule has 1 saturated heterocycles. The summed E-state index contributed by atoms with van der Waals surface area (Å²) in [6.07, 6.45) is 1.85. The van der Waals surface area contributed by atoms with Crippen LogP contribution in [-0.2, 0) is 16.1 Å². The molecule has 0 atom stereocenters. The van der Waals surface area contributed by atoms with Gasteiger partial charge < -0.3 is 4.90 Å². The van der Waals surface area contributed by atoms with Crippen LogP contribution in [0.2, 0.25) is 0 Å². The quantitative estimate of drug-likeness (QED) is 0.420. The third-order valence-corrected chi connectivity index (χ3v) is 6.91. The van der Waals surface area contributed by atoms with Crippen LogP contribution in [0.15, 0.2) is 57.9 Å². The molecule has 0 spiro atoms. The monoisotopic (exact) mass is 486 g/mol. The fourth-order valence-corrected chi connectivity index (χ4v) is 5.25. The van der Waals surface area contributed by atoms with Crippen LogP contribution in [0.1, 0.15) is 30.9 Å². The Morgan fingerprint density at radius 2 is 1.79 bits per heavy atom. The van der Waals surface area contributed by atoms with Crippen LogP contribution in [-0.4, -0.2) is 27.6 Å². The van der Waals surface area contributed by atoms with E-state index in [1.807, 2.05) is 48.5 Å². The minimum Gasteiger partial charge on any atom is -0.303 e. The fraction of sp³-hybridized carbons (Fsp3) is 0.227. The number of benzene rings is 2. The van der Waals surface area contributed by atoms with Gasteiger partial charge in [-0.1, -0.05) is 83.6 Å². The second-order valence-corrected chi connectivity index (χ2v) is 9.48. The summed E-state index contributed by atoms with van der Waals surface area (Å²) >= 11 is 10.2. The van der Waals surface area contributed by atoms with Gasteiger partial charge in [0.2, 0.25) is 0 Å². The number of hydrogen-bond acceptors (Lipinski definition) is 4. The Morgan fingerprint density at radius 3 is 2.52 bits per heavy atom. The Kier molecular flexibility index (Phi) is 5.90. The molecule has 2 heterocycles. The molecule has 2 aromatic carbocycles. The molecule has 2 aromatic rings. The highest BCUT2D eigenvalue weighted by Gasteiger charge is 2.41. The second kappa shape index (κ2) is 8.42. The number of rotatable bonds is 5. The van der Waals surface area contributed by atoms with Crippen molar-refractivity contribution in [2.45, 2.75) is 26.3 Å². The van der Waals surface area contributed by atoms with Crippen molar-refractivity contribution in [2.75, 3.05) is 11.4 Å². The Labute approximate surface area is 188 Å². The van der Waals surface area contributed by atoms with Crippen LogP contribution >= 0.6 is 39.9 Å². The highest BCUT2D eigenvalue weighted by Crippen LogP contribution is 2.45. The topological polar surface area (TPSA) is 40.6 Å². The highest BCUT2D eigenvalue weighted by atomic mass is 79.9. The van der Waals surface area contributed by atoms with E-state index in [-0.39, 0.29) is 11.8 Å². The number of fused-ring (bicyclic) bond motifs is 1. The lowest BCUT2D eigenvalue weighted by molar-refractivity contribution is -0.122. The van der Waals surface area contributed by atoms with E-state index >= 15 is 0 Å². The smallest absolute Gasteiger partial charge is 0.267 e. The maximum Gasteiger partial charge on any atom is 0.267 e. The highest BCUT2D eigenvalue weighted by molar-refractivity contribution is 9.10. The van der Waals surface area contributed by atoms with Crippen LogP contribution in [0.5, 0.6) is 0 Å². The van der Waals surface area contributed by atoms with Crippen molar-refractivity contribution in [3.05, 3.63) is 69.0 Å². The molecule has 0 aliphatic carbocycles. The van der Waals surface area contributed by atoms with E-state index in [2.05, 4.69) is 22.9 Å². The average molecular weight is 487 g/mol. The number of thioether (sulfide) groups is 1.